The SMILES string of the molecule is Cn1nc(N2CCC(C(=O)N3CCN(S(=O)(=O)C4CC4)CC3)CC2)ccc1=O. The number of piperazine rings is 1. The first kappa shape index (κ1) is 19.4. The van der Waals surface area contributed by atoms with E-state index >= 15 is 0 Å². The second kappa shape index (κ2) is 7.47. The van der Waals surface area contributed by atoms with Gasteiger partial charge in [0.15, 0.2) is 0 Å². The highest BCUT2D eigenvalue weighted by molar-refractivity contribution is 7.90. The van der Waals surface area contributed by atoms with Crippen molar-refractivity contribution < 1.29 is 13.2 Å². The van der Waals surface area contributed by atoms with Gasteiger partial charge < -0.3 is 9.80 Å². The first-order chi connectivity index (χ1) is 13.4. The van der Waals surface area contributed by atoms with Crippen LogP contribution in [0.2, 0.25) is 0 Å². The zero-order valence-corrected chi connectivity index (χ0v) is 17.0. The predicted molar refractivity (Wildman–Crippen MR) is 105 cm³/mol. The van der Waals surface area contributed by atoms with Crippen molar-refractivity contribution in [2.45, 2.75) is 30.9 Å². The molecule has 0 radical (unpaired) electrons. The molecule has 1 amide bonds. The van der Waals surface area contributed by atoms with Crippen molar-refractivity contribution in [2.24, 2.45) is 13.0 Å². The van der Waals surface area contributed by atoms with Gasteiger partial charge in [0, 0.05) is 58.3 Å². The second-order valence-corrected chi connectivity index (χ2v) is 10.1. The third kappa shape index (κ3) is 3.80. The molecule has 9 nitrogen and oxygen atoms in total. The van der Waals surface area contributed by atoms with Crippen LogP contribution in [0.15, 0.2) is 16.9 Å². The van der Waals surface area contributed by atoms with Gasteiger partial charge in [-0.05, 0) is 31.7 Å². The summed E-state index contributed by atoms with van der Waals surface area (Å²) in [5.74, 6) is 0.860. The number of sulfonamides is 1. The fraction of sp³-hybridized carbons (Fsp3) is 0.722. The van der Waals surface area contributed by atoms with Gasteiger partial charge in [0.25, 0.3) is 5.56 Å². The van der Waals surface area contributed by atoms with Crippen LogP contribution in [0.5, 0.6) is 0 Å². The zero-order valence-electron chi connectivity index (χ0n) is 16.2. The van der Waals surface area contributed by atoms with E-state index in [-0.39, 0.29) is 22.6 Å². The van der Waals surface area contributed by atoms with E-state index in [1.807, 2.05) is 4.90 Å². The van der Waals surface area contributed by atoms with Gasteiger partial charge in [-0.25, -0.2) is 13.1 Å². The molecule has 1 aromatic rings. The molecule has 0 unspecified atom stereocenters. The maximum Gasteiger partial charge on any atom is 0.266 e. The number of carbonyl (C=O) groups excluding carboxylic acids is 1. The second-order valence-electron chi connectivity index (χ2n) is 7.88. The molecule has 0 spiro atoms. The number of aryl methyl sites for hydroxylation is 1. The van der Waals surface area contributed by atoms with E-state index in [1.165, 1.54) is 10.7 Å². The highest BCUT2D eigenvalue weighted by atomic mass is 32.2. The van der Waals surface area contributed by atoms with Gasteiger partial charge in [-0.15, -0.1) is 0 Å². The molecule has 4 rings (SSSR count). The van der Waals surface area contributed by atoms with Crippen LogP contribution in [0.4, 0.5) is 5.82 Å². The number of piperidine rings is 1. The number of amides is 1. The van der Waals surface area contributed by atoms with Gasteiger partial charge in [-0.3, -0.25) is 9.59 Å². The van der Waals surface area contributed by atoms with E-state index < -0.39 is 10.0 Å². The first-order valence-electron chi connectivity index (χ1n) is 9.93. The van der Waals surface area contributed by atoms with E-state index in [2.05, 4.69) is 10.00 Å². The molecular formula is C18H27N5O4S. The van der Waals surface area contributed by atoms with Gasteiger partial charge in [-0.1, -0.05) is 0 Å². The molecule has 1 saturated carbocycles. The molecule has 10 heteroatoms. The number of rotatable bonds is 4. The van der Waals surface area contributed by atoms with Crippen molar-refractivity contribution in [3.63, 3.8) is 0 Å². The van der Waals surface area contributed by atoms with E-state index in [4.69, 9.17) is 0 Å². The van der Waals surface area contributed by atoms with Crippen LogP contribution in [0.3, 0.4) is 0 Å². The first-order valence-corrected chi connectivity index (χ1v) is 11.4. The predicted octanol–water partition coefficient (Wildman–Crippen LogP) is -0.367. The fourth-order valence-corrected chi connectivity index (χ4v) is 5.84. The number of hydrogen-bond acceptors (Lipinski definition) is 6. The van der Waals surface area contributed by atoms with E-state index in [1.54, 1.807) is 17.4 Å². The summed E-state index contributed by atoms with van der Waals surface area (Å²) in [6, 6.07) is 3.23. The molecule has 0 atom stereocenters. The van der Waals surface area contributed by atoms with Crippen LogP contribution in [0, 0.1) is 5.92 Å². The summed E-state index contributed by atoms with van der Waals surface area (Å²) < 4.78 is 27.5. The molecule has 1 aliphatic carbocycles. The van der Waals surface area contributed by atoms with Crippen molar-refractivity contribution in [1.82, 2.24) is 19.0 Å². The minimum absolute atomic E-state index is 0.0321. The largest absolute Gasteiger partial charge is 0.355 e. The topological polar surface area (TPSA) is 95.8 Å². The number of aromatic nitrogens is 2. The summed E-state index contributed by atoms with van der Waals surface area (Å²) in [6.45, 7) is 3.22. The standard InChI is InChI=1S/C18H27N5O4S/c1-20-17(24)5-4-16(19-20)21-8-6-14(7-9-21)18(25)22-10-12-23(13-11-22)28(26,27)15-2-3-15/h4-5,14-15H,2-3,6-13H2,1H3. The molecular weight excluding hydrogens is 382 g/mol. The highest BCUT2D eigenvalue weighted by Crippen LogP contribution is 2.31. The van der Waals surface area contributed by atoms with Gasteiger partial charge >= 0.3 is 0 Å². The van der Waals surface area contributed by atoms with Crippen molar-refractivity contribution >= 4 is 21.7 Å². The monoisotopic (exact) mass is 409 g/mol. The Morgan fingerprint density at radius 1 is 1.00 bits per heavy atom. The Kier molecular flexibility index (Phi) is 5.17. The number of carbonyl (C=O) groups is 1. The third-order valence-corrected chi connectivity index (χ3v) is 8.37. The summed E-state index contributed by atoms with van der Waals surface area (Å²) >= 11 is 0. The van der Waals surface area contributed by atoms with Crippen LogP contribution < -0.4 is 10.5 Å². The molecule has 3 aliphatic rings. The van der Waals surface area contributed by atoms with Gasteiger partial charge in [0.05, 0.1) is 5.25 Å². The minimum Gasteiger partial charge on any atom is -0.355 e. The maximum absolute atomic E-state index is 12.9. The van der Waals surface area contributed by atoms with Crippen LogP contribution in [-0.2, 0) is 21.9 Å². The molecule has 3 heterocycles. The van der Waals surface area contributed by atoms with Crippen molar-refractivity contribution in [2.75, 3.05) is 44.2 Å². The molecule has 28 heavy (non-hydrogen) atoms. The van der Waals surface area contributed by atoms with Crippen LogP contribution in [0.1, 0.15) is 25.7 Å². The summed E-state index contributed by atoms with van der Waals surface area (Å²) in [7, 11) is -1.52. The van der Waals surface area contributed by atoms with Gasteiger partial charge in [0.1, 0.15) is 5.82 Å². The molecule has 154 valence electrons. The Labute approximate surface area is 165 Å². The van der Waals surface area contributed by atoms with Crippen LogP contribution in [0.25, 0.3) is 0 Å². The molecule has 1 aromatic heterocycles. The van der Waals surface area contributed by atoms with Crippen molar-refractivity contribution in [1.29, 1.82) is 0 Å². The fourth-order valence-electron chi connectivity index (χ4n) is 4.01. The summed E-state index contributed by atoms with van der Waals surface area (Å²) in [5.41, 5.74) is -0.142. The lowest BCUT2D eigenvalue weighted by molar-refractivity contribution is -0.137. The Morgan fingerprint density at radius 3 is 2.21 bits per heavy atom. The summed E-state index contributed by atoms with van der Waals surface area (Å²) in [4.78, 5) is 28.3. The Balaban J connectivity index is 1.29. The lowest BCUT2D eigenvalue weighted by atomic mass is 9.95. The normalized spacial score (nSPS) is 22.5. The number of hydrogen-bond donors (Lipinski definition) is 0. The van der Waals surface area contributed by atoms with Crippen molar-refractivity contribution in [3.8, 4) is 0 Å². The minimum atomic E-state index is -3.15. The van der Waals surface area contributed by atoms with Crippen molar-refractivity contribution in [3.05, 3.63) is 22.5 Å². The third-order valence-electron chi connectivity index (χ3n) is 5.97. The molecule has 0 aromatic carbocycles. The Morgan fingerprint density at radius 2 is 1.64 bits per heavy atom. The summed E-state index contributed by atoms with van der Waals surface area (Å²) in [6.07, 6.45) is 3.02. The molecule has 2 aliphatic heterocycles. The Hall–Kier alpha value is -1.94. The van der Waals surface area contributed by atoms with Crippen LogP contribution in [-0.4, -0.2) is 77.8 Å². The molecule has 3 fully saturated rings. The average Bonchev–Trinajstić information content (AvgIpc) is 3.56. The number of anilines is 1. The zero-order chi connectivity index (χ0) is 19.9. The number of nitrogens with zero attached hydrogens (tertiary/aromatic N) is 5. The summed E-state index contributed by atoms with van der Waals surface area (Å²) in [5, 5.41) is 4.09. The molecule has 0 bridgehead atoms. The van der Waals surface area contributed by atoms with Gasteiger partial charge in [0.2, 0.25) is 15.9 Å². The smallest absolute Gasteiger partial charge is 0.266 e. The lowest BCUT2D eigenvalue weighted by Gasteiger charge is -2.38. The van der Waals surface area contributed by atoms with Gasteiger partial charge in [-0.2, -0.15) is 9.40 Å². The quantitative estimate of drug-likeness (QED) is 0.674. The maximum atomic E-state index is 12.9. The average molecular weight is 410 g/mol. The molecule has 2 saturated heterocycles. The highest BCUT2D eigenvalue weighted by Gasteiger charge is 2.41. The van der Waals surface area contributed by atoms with E-state index in [0.717, 1.165) is 44.6 Å². The van der Waals surface area contributed by atoms with E-state index in [9.17, 15) is 18.0 Å². The van der Waals surface area contributed by atoms with Crippen LogP contribution >= 0.6 is 0 Å². The lowest BCUT2D eigenvalue weighted by Crippen LogP contribution is -2.53. The molecule has 0 N–H and O–H groups in total. The Bertz CT molecular complexity index is 895. The van der Waals surface area contributed by atoms with E-state index in [0.29, 0.717) is 26.2 Å².